The number of carbonyl (C=O) groups excluding carboxylic acids is 3. The van der Waals surface area contributed by atoms with Gasteiger partial charge >= 0.3 is 12.1 Å². The number of hydrogen-bond donors (Lipinski definition) is 3. The molecular formula is C15H15N3O5. The average molecular weight is 317 g/mol. The molecule has 0 saturated carbocycles. The second-order valence-corrected chi connectivity index (χ2v) is 4.99. The van der Waals surface area contributed by atoms with E-state index in [2.05, 4.69) is 16.0 Å². The quantitative estimate of drug-likeness (QED) is 0.741. The number of hydrogen-bond acceptors (Lipinski definition) is 5. The molecule has 1 saturated heterocycles. The number of carbonyl (C=O) groups is 3. The molecule has 4 amide bonds. The van der Waals surface area contributed by atoms with Crippen LogP contribution in [0.3, 0.4) is 0 Å². The van der Waals surface area contributed by atoms with E-state index in [-0.39, 0.29) is 0 Å². The van der Waals surface area contributed by atoms with Crippen LogP contribution < -0.4 is 16.0 Å². The summed E-state index contributed by atoms with van der Waals surface area (Å²) in [5, 5.41) is 8.04. The van der Waals surface area contributed by atoms with Crippen LogP contribution in [0.2, 0.25) is 0 Å². The van der Waals surface area contributed by atoms with Crippen molar-refractivity contribution in [2.75, 3.05) is 6.61 Å². The van der Waals surface area contributed by atoms with Crippen molar-refractivity contribution in [2.45, 2.75) is 19.5 Å². The van der Waals surface area contributed by atoms with E-state index in [1.165, 1.54) is 0 Å². The summed E-state index contributed by atoms with van der Waals surface area (Å²) in [6, 6.07) is 5.71. The zero-order valence-corrected chi connectivity index (χ0v) is 12.3. The Bertz CT molecular complexity index is 783. The summed E-state index contributed by atoms with van der Waals surface area (Å²) in [6.07, 6.45) is -0.481. The summed E-state index contributed by atoms with van der Waals surface area (Å²) >= 11 is 0. The zero-order valence-electron chi connectivity index (χ0n) is 12.3. The van der Waals surface area contributed by atoms with E-state index in [1.807, 2.05) is 6.07 Å². The monoisotopic (exact) mass is 317 g/mol. The van der Waals surface area contributed by atoms with Crippen LogP contribution in [0.4, 0.5) is 9.59 Å². The third-order valence-electron chi connectivity index (χ3n) is 3.37. The molecule has 120 valence electrons. The molecular weight excluding hydrogens is 302 g/mol. The highest BCUT2D eigenvalue weighted by Crippen LogP contribution is 2.26. The van der Waals surface area contributed by atoms with E-state index in [1.54, 1.807) is 25.1 Å². The molecule has 1 aliphatic rings. The molecule has 0 aliphatic carbocycles. The molecule has 1 aliphatic heterocycles. The van der Waals surface area contributed by atoms with Gasteiger partial charge in [-0.2, -0.15) is 0 Å². The third kappa shape index (κ3) is 3.10. The maximum atomic E-state index is 11.7. The normalized spacial score (nSPS) is 17.0. The van der Waals surface area contributed by atoms with Gasteiger partial charge in [0.05, 0.1) is 6.61 Å². The highest BCUT2D eigenvalue weighted by atomic mass is 16.5. The first-order valence-corrected chi connectivity index (χ1v) is 7.11. The molecule has 3 N–H and O–H groups in total. The Balaban J connectivity index is 1.77. The first-order chi connectivity index (χ1) is 11.1. The minimum atomic E-state index is -0.823. The van der Waals surface area contributed by atoms with Crippen molar-refractivity contribution in [3.63, 3.8) is 0 Å². The van der Waals surface area contributed by atoms with Crippen LogP contribution in [-0.2, 0) is 16.1 Å². The van der Waals surface area contributed by atoms with Crippen molar-refractivity contribution in [1.29, 1.82) is 0 Å². The Morgan fingerprint density at radius 3 is 2.87 bits per heavy atom. The second-order valence-electron chi connectivity index (χ2n) is 4.99. The SMILES string of the molecule is CCOC(=O)NCc1ccc2oc(C3NC(=O)NC3=O)cc2c1. The second kappa shape index (κ2) is 5.99. The molecule has 23 heavy (non-hydrogen) atoms. The summed E-state index contributed by atoms with van der Waals surface area (Å²) in [5.41, 5.74) is 1.45. The molecule has 0 radical (unpaired) electrons. The van der Waals surface area contributed by atoms with Crippen LogP contribution in [-0.4, -0.2) is 24.6 Å². The number of imide groups is 1. The first-order valence-electron chi connectivity index (χ1n) is 7.11. The Morgan fingerprint density at radius 1 is 1.35 bits per heavy atom. The molecule has 8 heteroatoms. The number of fused-ring (bicyclic) bond motifs is 1. The van der Waals surface area contributed by atoms with Crippen LogP contribution in [0, 0.1) is 0 Å². The van der Waals surface area contributed by atoms with Gasteiger partial charge in [-0.3, -0.25) is 10.1 Å². The Hall–Kier alpha value is -3.03. The van der Waals surface area contributed by atoms with Gasteiger partial charge in [-0.15, -0.1) is 0 Å². The number of alkyl carbamates (subject to hydrolysis) is 1. The lowest BCUT2D eigenvalue weighted by Gasteiger charge is -2.04. The lowest BCUT2D eigenvalue weighted by Crippen LogP contribution is -2.23. The number of nitrogens with one attached hydrogen (secondary N) is 3. The first kappa shape index (κ1) is 14.9. The minimum absolute atomic E-state index is 0.311. The highest BCUT2D eigenvalue weighted by Gasteiger charge is 2.33. The summed E-state index contributed by atoms with van der Waals surface area (Å²) < 4.78 is 10.4. The lowest BCUT2D eigenvalue weighted by atomic mass is 10.1. The maximum Gasteiger partial charge on any atom is 0.407 e. The van der Waals surface area contributed by atoms with Crippen molar-refractivity contribution in [3.05, 3.63) is 35.6 Å². The van der Waals surface area contributed by atoms with Crippen molar-refractivity contribution >= 4 is 29.0 Å². The molecule has 1 unspecified atom stereocenters. The van der Waals surface area contributed by atoms with Crippen molar-refractivity contribution in [3.8, 4) is 0 Å². The van der Waals surface area contributed by atoms with Gasteiger partial charge in [0.2, 0.25) is 0 Å². The van der Waals surface area contributed by atoms with Crippen LogP contribution in [0.5, 0.6) is 0 Å². The maximum absolute atomic E-state index is 11.7. The van der Waals surface area contributed by atoms with Crippen LogP contribution in [0.15, 0.2) is 28.7 Å². The summed E-state index contributed by atoms with van der Waals surface area (Å²) in [5.74, 6) is -0.0860. The number of rotatable bonds is 4. The third-order valence-corrected chi connectivity index (χ3v) is 3.37. The molecule has 2 aromatic rings. The van der Waals surface area contributed by atoms with E-state index in [9.17, 15) is 14.4 Å². The minimum Gasteiger partial charge on any atom is -0.458 e. The predicted molar refractivity (Wildman–Crippen MR) is 79.5 cm³/mol. The summed E-state index contributed by atoms with van der Waals surface area (Å²) in [6.45, 7) is 2.36. The largest absolute Gasteiger partial charge is 0.458 e. The van der Waals surface area contributed by atoms with E-state index in [0.29, 0.717) is 24.5 Å². The zero-order chi connectivity index (χ0) is 16.4. The molecule has 0 spiro atoms. The molecule has 1 aromatic carbocycles. The molecule has 1 fully saturated rings. The standard InChI is InChI=1S/C15H15N3O5/c1-2-22-15(21)16-7-8-3-4-10-9(5-8)6-11(23-10)12-13(19)18-14(20)17-12/h3-6,12H,2,7H2,1H3,(H,16,21)(H2,17,18,19,20). The fourth-order valence-electron chi connectivity index (χ4n) is 2.34. The Morgan fingerprint density at radius 2 is 2.17 bits per heavy atom. The molecule has 1 atom stereocenters. The van der Waals surface area contributed by atoms with Crippen LogP contribution >= 0.6 is 0 Å². The Labute approximate surface area is 131 Å². The number of urea groups is 1. The number of amides is 4. The van der Waals surface area contributed by atoms with Gasteiger partial charge in [-0.1, -0.05) is 6.07 Å². The fraction of sp³-hybridized carbons (Fsp3) is 0.267. The van der Waals surface area contributed by atoms with Gasteiger partial charge in [0.25, 0.3) is 5.91 Å². The van der Waals surface area contributed by atoms with Gasteiger partial charge in [0, 0.05) is 11.9 Å². The van der Waals surface area contributed by atoms with Crippen LogP contribution in [0.1, 0.15) is 24.3 Å². The molecule has 2 heterocycles. The molecule has 1 aromatic heterocycles. The smallest absolute Gasteiger partial charge is 0.407 e. The van der Waals surface area contributed by atoms with Gasteiger partial charge in [0.1, 0.15) is 11.3 Å². The highest BCUT2D eigenvalue weighted by molar-refractivity contribution is 6.04. The van der Waals surface area contributed by atoms with E-state index >= 15 is 0 Å². The van der Waals surface area contributed by atoms with Gasteiger partial charge in [0.15, 0.2) is 6.04 Å². The van der Waals surface area contributed by atoms with Gasteiger partial charge in [-0.05, 0) is 30.7 Å². The topological polar surface area (TPSA) is 110 Å². The van der Waals surface area contributed by atoms with E-state index in [4.69, 9.17) is 9.15 Å². The molecule has 0 bridgehead atoms. The summed E-state index contributed by atoms with van der Waals surface area (Å²) in [4.78, 5) is 34.1. The predicted octanol–water partition coefficient (Wildman–Crippen LogP) is 1.56. The van der Waals surface area contributed by atoms with Gasteiger partial charge < -0.3 is 19.8 Å². The van der Waals surface area contributed by atoms with Gasteiger partial charge in [-0.25, -0.2) is 9.59 Å². The van der Waals surface area contributed by atoms with Crippen molar-refractivity contribution in [1.82, 2.24) is 16.0 Å². The van der Waals surface area contributed by atoms with Crippen molar-refractivity contribution < 1.29 is 23.5 Å². The number of ether oxygens (including phenoxy) is 1. The van der Waals surface area contributed by atoms with Crippen molar-refractivity contribution in [2.24, 2.45) is 0 Å². The lowest BCUT2D eigenvalue weighted by molar-refractivity contribution is -0.120. The van der Waals surface area contributed by atoms with E-state index < -0.39 is 24.1 Å². The number of benzene rings is 1. The Kier molecular flexibility index (Phi) is 3.88. The average Bonchev–Trinajstić information content (AvgIpc) is 3.07. The van der Waals surface area contributed by atoms with E-state index in [0.717, 1.165) is 10.9 Å². The van der Waals surface area contributed by atoms with Crippen LogP contribution in [0.25, 0.3) is 11.0 Å². The molecule has 3 rings (SSSR count). The molecule has 8 nitrogen and oxygen atoms in total. The fourth-order valence-corrected chi connectivity index (χ4v) is 2.34. The summed E-state index contributed by atoms with van der Waals surface area (Å²) in [7, 11) is 0. The number of furan rings is 1.